The lowest BCUT2D eigenvalue weighted by Crippen LogP contribution is -2.39. The number of aryl methyl sites for hydroxylation is 1. The zero-order valence-electron chi connectivity index (χ0n) is 12.7. The Morgan fingerprint density at radius 3 is 2.81 bits per heavy atom. The van der Waals surface area contributed by atoms with Crippen molar-refractivity contribution in [3.63, 3.8) is 0 Å². The average Bonchev–Trinajstić information content (AvgIpc) is 2.99. The Bertz CT molecular complexity index is 614. The molecule has 1 saturated carbocycles. The second-order valence-electron chi connectivity index (χ2n) is 6.28. The second kappa shape index (κ2) is 5.56. The summed E-state index contributed by atoms with van der Waals surface area (Å²) in [5, 5.41) is 4.17. The molecule has 2 N–H and O–H groups in total. The maximum atomic E-state index is 6.06. The van der Waals surface area contributed by atoms with Gasteiger partial charge in [-0.3, -0.25) is 4.98 Å². The Balaban J connectivity index is 1.92. The highest BCUT2D eigenvalue weighted by Crippen LogP contribution is 2.40. The van der Waals surface area contributed by atoms with Crippen molar-refractivity contribution in [3.8, 4) is 11.4 Å². The maximum absolute atomic E-state index is 6.06. The molecule has 0 bridgehead atoms. The minimum atomic E-state index is -0.140. The van der Waals surface area contributed by atoms with Crippen LogP contribution >= 0.6 is 0 Å². The fraction of sp³-hybridized carbons (Fsp3) is 0.562. The number of nitrogens with zero attached hydrogens (tertiary/aromatic N) is 3. The molecule has 5 heteroatoms. The van der Waals surface area contributed by atoms with Crippen LogP contribution in [0, 0.1) is 12.8 Å². The van der Waals surface area contributed by atoms with Crippen LogP contribution in [0.4, 0.5) is 0 Å². The Labute approximate surface area is 125 Å². The number of rotatable bonds is 3. The van der Waals surface area contributed by atoms with Gasteiger partial charge in [-0.1, -0.05) is 12.1 Å². The van der Waals surface area contributed by atoms with E-state index in [4.69, 9.17) is 10.3 Å². The van der Waals surface area contributed by atoms with Crippen LogP contribution < -0.4 is 5.73 Å². The molecule has 1 fully saturated rings. The highest BCUT2D eigenvalue weighted by Gasteiger charge is 2.39. The van der Waals surface area contributed by atoms with Crippen molar-refractivity contribution in [1.82, 2.24) is 15.1 Å². The van der Waals surface area contributed by atoms with Gasteiger partial charge in [-0.25, -0.2) is 0 Å². The van der Waals surface area contributed by atoms with E-state index >= 15 is 0 Å². The van der Waals surface area contributed by atoms with Crippen molar-refractivity contribution in [3.05, 3.63) is 29.9 Å². The smallest absolute Gasteiger partial charge is 0.234 e. The average molecular weight is 286 g/mol. The minimum absolute atomic E-state index is 0.140. The highest BCUT2D eigenvalue weighted by atomic mass is 16.5. The summed E-state index contributed by atoms with van der Waals surface area (Å²) < 4.78 is 5.58. The Hall–Kier alpha value is -1.75. The van der Waals surface area contributed by atoms with Gasteiger partial charge in [0.15, 0.2) is 0 Å². The number of aromatic nitrogens is 3. The normalized spacial score (nSPS) is 26.0. The first-order chi connectivity index (χ1) is 10.1. The molecule has 0 amide bonds. The van der Waals surface area contributed by atoms with Gasteiger partial charge in [0.1, 0.15) is 0 Å². The molecule has 1 aliphatic carbocycles. The molecule has 2 aromatic heterocycles. The van der Waals surface area contributed by atoms with Crippen LogP contribution in [0.15, 0.2) is 23.0 Å². The molecule has 0 spiro atoms. The van der Waals surface area contributed by atoms with E-state index in [0.29, 0.717) is 18.3 Å². The molecule has 0 aliphatic heterocycles. The molecule has 2 heterocycles. The lowest BCUT2D eigenvalue weighted by Gasteiger charge is -2.35. The second-order valence-corrected chi connectivity index (χ2v) is 6.28. The topological polar surface area (TPSA) is 77.8 Å². The maximum Gasteiger partial charge on any atom is 0.234 e. The van der Waals surface area contributed by atoms with E-state index in [1.165, 1.54) is 12.8 Å². The van der Waals surface area contributed by atoms with Crippen molar-refractivity contribution >= 4 is 0 Å². The monoisotopic (exact) mass is 286 g/mol. The van der Waals surface area contributed by atoms with Gasteiger partial charge in [-0.15, -0.1) is 0 Å². The van der Waals surface area contributed by atoms with Crippen LogP contribution in [-0.2, 0) is 5.41 Å². The van der Waals surface area contributed by atoms with Gasteiger partial charge in [0.25, 0.3) is 0 Å². The highest BCUT2D eigenvalue weighted by molar-refractivity contribution is 5.58. The number of pyridine rings is 1. The minimum Gasteiger partial charge on any atom is -0.338 e. The Morgan fingerprint density at radius 2 is 2.14 bits per heavy atom. The molecule has 0 radical (unpaired) electrons. The zero-order chi connectivity index (χ0) is 14.9. The first-order valence-corrected chi connectivity index (χ1v) is 7.60. The summed E-state index contributed by atoms with van der Waals surface area (Å²) in [4.78, 5) is 8.75. The van der Waals surface area contributed by atoms with Crippen molar-refractivity contribution < 1.29 is 4.52 Å². The molecular formula is C16H22N4O. The van der Waals surface area contributed by atoms with E-state index < -0.39 is 0 Å². The van der Waals surface area contributed by atoms with Crippen molar-refractivity contribution in [1.29, 1.82) is 0 Å². The third-order valence-electron chi connectivity index (χ3n) is 4.76. The van der Waals surface area contributed by atoms with Crippen LogP contribution in [-0.4, -0.2) is 21.7 Å². The first kappa shape index (κ1) is 14.2. The van der Waals surface area contributed by atoms with Gasteiger partial charge in [0.2, 0.25) is 11.7 Å². The van der Waals surface area contributed by atoms with Gasteiger partial charge < -0.3 is 10.3 Å². The van der Waals surface area contributed by atoms with Crippen LogP contribution in [0.25, 0.3) is 11.4 Å². The molecule has 112 valence electrons. The van der Waals surface area contributed by atoms with Crippen LogP contribution in [0.1, 0.15) is 44.1 Å². The summed E-state index contributed by atoms with van der Waals surface area (Å²) in [7, 11) is 0. The van der Waals surface area contributed by atoms with Crippen LogP contribution in [0.5, 0.6) is 0 Å². The van der Waals surface area contributed by atoms with Crippen molar-refractivity contribution in [2.24, 2.45) is 11.7 Å². The van der Waals surface area contributed by atoms with Crippen LogP contribution in [0.3, 0.4) is 0 Å². The number of nitrogens with two attached hydrogens (primary N) is 1. The van der Waals surface area contributed by atoms with E-state index in [2.05, 4.69) is 22.0 Å². The molecule has 0 aromatic carbocycles. The van der Waals surface area contributed by atoms with E-state index in [9.17, 15) is 0 Å². The molecular weight excluding hydrogens is 264 g/mol. The lowest BCUT2D eigenvalue weighted by molar-refractivity contribution is 0.191. The van der Waals surface area contributed by atoms with E-state index in [1.807, 2.05) is 19.2 Å². The summed E-state index contributed by atoms with van der Waals surface area (Å²) in [5.41, 5.74) is 7.93. The predicted octanol–water partition coefficient (Wildman–Crippen LogP) is 2.85. The standard InChI is InChI=1S/C16H22N4O/c1-11-3-6-16(10-17,7-4-11)15-19-14(20-21-15)13-5-8-18-9-12(13)2/h5,8-9,11H,3-4,6-7,10,17H2,1-2H3. The van der Waals surface area contributed by atoms with Gasteiger partial charge in [-0.05, 0) is 50.2 Å². The third kappa shape index (κ3) is 2.58. The van der Waals surface area contributed by atoms with Crippen molar-refractivity contribution in [2.45, 2.75) is 44.9 Å². The zero-order valence-corrected chi connectivity index (χ0v) is 12.7. The van der Waals surface area contributed by atoms with Crippen molar-refractivity contribution in [2.75, 3.05) is 6.54 Å². The third-order valence-corrected chi connectivity index (χ3v) is 4.76. The molecule has 0 saturated heterocycles. The summed E-state index contributed by atoms with van der Waals surface area (Å²) in [6.45, 7) is 4.86. The summed E-state index contributed by atoms with van der Waals surface area (Å²) >= 11 is 0. The molecule has 0 unspecified atom stereocenters. The molecule has 1 aliphatic rings. The largest absolute Gasteiger partial charge is 0.338 e. The first-order valence-electron chi connectivity index (χ1n) is 7.60. The quantitative estimate of drug-likeness (QED) is 0.938. The molecule has 5 nitrogen and oxygen atoms in total. The summed E-state index contributed by atoms with van der Waals surface area (Å²) in [5.74, 6) is 2.09. The fourth-order valence-corrected chi connectivity index (χ4v) is 3.09. The molecule has 3 rings (SSSR count). The van der Waals surface area contributed by atoms with Gasteiger partial charge in [0, 0.05) is 24.5 Å². The van der Waals surface area contributed by atoms with E-state index in [-0.39, 0.29) is 5.41 Å². The Morgan fingerprint density at radius 1 is 1.38 bits per heavy atom. The number of hydrogen-bond acceptors (Lipinski definition) is 5. The predicted molar refractivity (Wildman–Crippen MR) is 80.6 cm³/mol. The summed E-state index contributed by atoms with van der Waals surface area (Å²) in [6.07, 6.45) is 7.96. The molecule has 0 atom stereocenters. The van der Waals surface area contributed by atoms with Gasteiger partial charge in [-0.2, -0.15) is 4.98 Å². The van der Waals surface area contributed by atoms with Gasteiger partial charge >= 0.3 is 0 Å². The van der Waals surface area contributed by atoms with Crippen LogP contribution in [0.2, 0.25) is 0 Å². The SMILES string of the molecule is Cc1cnccc1-c1noc(C2(CN)CCC(C)CC2)n1. The molecule has 2 aromatic rings. The summed E-state index contributed by atoms with van der Waals surface area (Å²) in [6, 6.07) is 1.92. The number of hydrogen-bond donors (Lipinski definition) is 1. The Kier molecular flexibility index (Phi) is 3.76. The fourth-order valence-electron chi connectivity index (χ4n) is 3.09. The molecule has 21 heavy (non-hydrogen) atoms. The van der Waals surface area contributed by atoms with E-state index in [1.54, 1.807) is 6.20 Å². The lowest BCUT2D eigenvalue weighted by atomic mass is 9.71. The van der Waals surface area contributed by atoms with E-state index in [0.717, 1.165) is 29.9 Å². The van der Waals surface area contributed by atoms with Gasteiger partial charge in [0.05, 0.1) is 5.41 Å².